The molecule has 216 valence electrons. The summed E-state index contributed by atoms with van der Waals surface area (Å²) in [5.41, 5.74) is 5.12. The molecule has 6 rings (SSSR count). The zero-order valence-corrected chi connectivity index (χ0v) is 24.9. The number of hydrogen-bond acceptors (Lipinski definition) is 4. The van der Waals surface area contributed by atoms with Crippen LogP contribution in [0, 0.1) is 11.8 Å². The quantitative estimate of drug-likeness (QED) is 0.285. The Morgan fingerprint density at radius 3 is 2.73 bits per heavy atom. The van der Waals surface area contributed by atoms with Crippen molar-refractivity contribution in [3.05, 3.63) is 88.2 Å². The first-order chi connectivity index (χ1) is 19.8. The van der Waals surface area contributed by atoms with E-state index in [4.69, 9.17) is 16.3 Å². The number of fused-ring (bicyclic) bond motifs is 3. The first-order valence-electron chi connectivity index (χ1n) is 15.3. The van der Waals surface area contributed by atoms with Gasteiger partial charge in [-0.3, -0.25) is 4.98 Å². The van der Waals surface area contributed by atoms with Crippen molar-refractivity contribution in [3.8, 4) is 5.75 Å². The van der Waals surface area contributed by atoms with Crippen molar-refractivity contribution in [3.63, 3.8) is 0 Å². The second-order valence-corrected chi connectivity index (χ2v) is 13.3. The number of aliphatic carboxylic acids is 1. The summed E-state index contributed by atoms with van der Waals surface area (Å²) in [7, 11) is 0. The fraction of sp³-hybridized carbons (Fsp3) is 0.486. The summed E-state index contributed by atoms with van der Waals surface area (Å²) in [5, 5.41) is 14.4. The Morgan fingerprint density at radius 1 is 1.15 bits per heavy atom. The van der Waals surface area contributed by atoms with Crippen LogP contribution in [0.4, 0.5) is 5.69 Å². The van der Waals surface area contributed by atoms with E-state index in [2.05, 4.69) is 48.4 Å². The molecule has 0 bridgehead atoms. The number of nitrogens with zero attached hydrogens (tertiary/aromatic N) is 1. The Bertz CT molecular complexity index is 1410. The highest BCUT2D eigenvalue weighted by atomic mass is 35.5. The lowest BCUT2D eigenvalue weighted by Gasteiger charge is -2.47. The van der Waals surface area contributed by atoms with Gasteiger partial charge in [0.15, 0.2) is 0 Å². The molecule has 0 unspecified atom stereocenters. The van der Waals surface area contributed by atoms with Crippen LogP contribution in [0.1, 0.15) is 87.1 Å². The predicted molar refractivity (Wildman–Crippen MR) is 164 cm³/mol. The smallest absolute Gasteiger partial charge is 0.329 e. The van der Waals surface area contributed by atoms with Crippen molar-refractivity contribution in [1.82, 2.24) is 4.98 Å². The van der Waals surface area contributed by atoms with Crippen molar-refractivity contribution in [2.45, 2.75) is 88.5 Å². The van der Waals surface area contributed by atoms with Crippen molar-refractivity contribution in [2.24, 2.45) is 11.8 Å². The Kier molecular flexibility index (Phi) is 7.76. The number of ether oxygens (including phenoxy) is 1. The normalized spacial score (nSPS) is 27.6. The summed E-state index contributed by atoms with van der Waals surface area (Å²) < 4.78 is 6.50. The molecule has 5 nitrogen and oxygen atoms in total. The highest BCUT2D eigenvalue weighted by Gasteiger charge is 2.54. The van der Waals surface area contributed by atoms with Crippen LogP contribution >= 0.6 is 11.6 Å². The Morgan fingerprint density at radius 2 is 1.95 bits per heavy atom. The molecule has 2 aromatic carbocycles. The standard InChI is InChI=1S/C35H41ClN2O3/c1-23(22-41-31-13-18-37-30-12-5-7-24(2)32(30)31)19-26-20-25-8-3-4-11-29(25)34(26)14-16-35(17-15-34,33(39)40)38-28-10-6-9-27(36)21-28/h3-4,6,8-11,13,18,21,23-24,26,38H,5,7,12,14-17,19-20,22H2,1-2H3,(H,39,40)/t23-,24+,26+,34?,35?/m1/s1. The van der Waals surface area contributed by atoms with Gasteiger partial charge in [0.05, 0.1) is 6.61 Å². The molecule has 41 heavy (non-hydrogen) atoms. The lowest BCUT2D eigenvalue weighted by Crippen LogP contribution is -2.53. The van der Waals surface area contributed by atoms with E-state index in [-0.39, 0.29) is 5.41 Å². The highest BCUT2D eigenvalue weighted by molar-refractivity contribution is 6.30. The zero-order valence-electron chi connectivity index (χ0n) is 24.2. The molecule has 1 saturated carbocycles. The summed E-state index contributed by atoms with van der Waals surface area (Å²) in [5.74, 6) is 1.55. The summed E-state index contributed by atoms with van der Waals surface area (Å²) in [6, 6.07) is 18.3. The van der Waals surface area contributed by atoms with Crippen LogP contribution in [-0.4, -0.2) is 28.2 Å². The van der Waals surface area contributed by atoms with E-state index >= 15 is 0 Å². The highest BCUT2D eigenvalue weighted by Crippen LogP contribution is 2.56. The van der Waals surface area contributed by atoms with Crippen molar-refractivity contribution in [2.75, 3.05) is 11.9 Å². The summed E-state index contributed by atoms with van der Waals surface area (Å²) in [6.07, 6.45) is 10.3. The topological polar surface area (TPSA) is 71.5 Å². The number of pyridine rings is 1. The van der Waals surface area contributed by atoms with Crippen LogP contribution < -0.4 is 10.1 Å². The number of carboxylic acids is 1. The van der Waals surface area contributed by atoms with Crippen LogP contribution in [0.15, 0.2) is 60.8 Å². The summed E-state index contributed by atoms with van der Waals surface area (Å²) >= 11 is 6.22. The molecule has 1 aromatic heterocycles. The maximum absolute atomic E-state index is 12.7. The molecule has 3 aliphatic carbocycles. The number of aromatic nitrogens is 1. The lowest BCUT2D eigenvalue weighted by molar-refractivity contribution is -0.144. The molecular weight excluding hydrogens is 532 g/mol. The first-order valence-corrected chi connectivity index (χ1v) is 15.6. The minimum Gasteiger partial charge on any atom is -0.493 e. The molecule has 0 radical (unpaired) electrons. The third-order valence-corrected chi connectivity index (χ3v) is 10.4. The molecule has 3 atom stereocenters. The van der Waals surface area contributed by atoms with E-state index in [1.807, 2.05) is 36.5 Å². The van der Waals surface area contributed by atoms with E-state index in [1.165, 1.54) is 35.2 Å². The van der Waals surface area contributed by atoms with Gasteiger partial charge in [-0.2, -0.15) is 0 Å². The maximum atomic E-state index is 12.7. The molecule has 1 fully saturated rings. The fourth-order valence-corrected chi connectivity index (χ4v) is 8.25. The third kappa shape index (κ3) is 5.34. The zero-order chi connectivity index (χ0) is 28.6. The van der Waals surface area contributed by atoms with E-state index in [0.29, 0.717) is 42.2 Å². The predicted octanol–water partition coefficient (Wildman–Crippen LogP) is 8.20. The average Bonchev–Trinajstić information content (AvgIpc) is 3.25. The Labute approximate surface area is 248 Å². The SMILES string of the molecule is C[C@@H](COc1ccnc2c1[C@@H](C)CCC2)C[C@H]1Cc2ccccc2C12CCC(Nc1cccc(Cl)c1)(C(=O)O)CC2. The summed E-state index contributed by atoms with van der Waals surface area (Å²) in [6.45, 7) is 5.28. The van der Waals surface area contributed by atoms with Gasteiger partial charge in [0.1, 0.15) is 11.3 Å². The van der Waals surface area contributed by atoms with Gasteiger partial charge in [-0.05, 0) is 116 Å². The third-order valence-electron chi connectivity index (χ3n) is 10.2. The van der Waals surface area contributed by atoms with Crippen molar-refractivity contribution in [1.29, 1.82) is 0 Å². The monoisotopic (exact) mass is 572 g/mol. The van der Waals surface area contributed by atoms with Crippen molar-refractivity contribution >= 4 is 23.3 Å². The Hall–Kier alpha value is -3.05. The van der Waals surface area contributed by atoms with Crippen LogP contribution in [-0.2, 0) is 23.1 Å². The number of rotatable bonds is 8. The Balaban J connectivity index is 1.19. The second kappa shape index (κ2) is 11.3. The molecule has 0 amide bonds. The number of carboxylic acid groups (broad SMARTS) is 1. The van der Waals surface area contributed by atoms with E-state index < -0.39 is 11.5 Å². The number of halogens is 1. The van der Waals surface area contributed by atoms with Gasteiger partial charge in [-0.1, -0.05) is 55.8 Å². The van der Waals surface area contributed by atoms with Crippen LogP contribution in [0.5, 0.6) is 5.75 Å². The van der Waals surface area contributed by atoms with Crippen LogP contribution in [0.2, 0.25) is 5.02 Å². The molecule has 2 N–H and O–H groups in total. The van der Waals surface area contributed by atoms with E-state index in [9.17, 15) is 9.90 Å². The van der Waals surface area contributed by atoms with Gasteiger partial charge in [0.2, 0.25) is 0 Å². The molecule has 0 saturated heterocycles. The van der Waals surface area contributed by atoms with Gasteiger partial charge in [-0.15, -0.1) is 0 Å². The van der Waals surface area contributed by atoms with Gasteiger partial charge in [0, 0.05) is 28.2 Å². The number of hydrogen-bond donors (Lipinski definition) is 2. The second-order valence-electron chi connectivity index (χ2n) is 12.9. The lowest BCUT2D eigenvalue weighted by atomic mass is 9.59. The fourth-order valence-electron chi connectivity index (χ4n) is 8.06. The van der Waals surface area contributed by atoms with Gasteiger partial charge in [0.25, 0.3) is 0 Å². The van der Waals surface area contributed by atoms with Gasteiger partial charge in [-0.25, -0.2) is 4.79 Å². The van der Waals surface area contributed by atoms with Crippen LogP contribution in [0.3, 0.4) is 0 Å². The molecule has 1 spiro atoms. The molecule has 0 aliphatic heterocycles. The molecule has 1 heterocycles. The number of benzene rings is 2. The largest absolute Gasteiger partial charge is 0.493 e. The minimum atomic E-state index is -0.996. The van der Waals surface area contributed by atoms with Crippen molar-refractivity contribution < 1.29 is 14.6 Å². The molecule has 3 aliphatic rings. The minimum absolute atomic E-state index is 0.00976. The number of carbonyl (C=O) groups is 1. The number of aryl methyl sites for hydroxylation is 1. The molecular formula is C35H41ClN2O3. The van der Waals surface area contributed by atoms with Crippen LogP contribution in [0.25, 0.3) is 0 Å². The molecule has 6 heteroatoms. The average molecular weight is 573 g/mol. The number of anilines is 1. The summed E-state index contributed by atoms with van der Waals surface area (Å²) in [4.78, 5) is 17.3. The number of nitrogens with one attached hydrogen (secondary N) is 1. The first kappa shape index (κ1) is 28.1. The van der Waals surface area contributed by atoms with Gasteiger partial charge < -0.3 is 15.2 Å². The molecule has 3 aromatic rings. The van der Waals surface area contributed by atoms with E-state index in [1.54, 1.807) is 0 Å². The maximum Gasteiger partial charge on any atom is 0.329 e. The van der Waals surface area contributed by atoms with Gasteiger partial charge >= 0.3 is 5.97 Å². The van der Waals surface area contributed by atoms with E-state index in [0.717, 1.165) is 43.5 Å².